The predicted molar refractivity (Wildman–Crippen MR) is 128 cm³/mol. The summed E-state index contributed by atoms with van der Waals surface area (Å²) < 4.78 is 0. The number of hydrogen-bond donors (Lipinski definition) is 4. The van der Waals surface area contributed by atoms with Crippen molar-refractivity contribution < 1.29 is 29.4 Å². The van der Waals surface area contributed by atoms with Crippen LogP contribution in [0, 0.1) is 0 Å². The van der Waals surface area contributed by atoms with E-state index in [4.69, 9.17) is 10.2 Å². The number of amides is 2. The number of aromatic carboxylic acids is 2. The molecule has 0 aliphatic carbocycles. The summed E-state index contributed by atoms with van der Waals surface area (Å²) in [4.78, 5) is 43.7. The molecule has 32 heavy (non-hydrogen) atoms. The third kappa shape index (κ3) is 7.84. The lowest BCUT2D eigenvalue weighted by atomic mass is 10.1. The first-order chi connectivity index (χ1) is 14.7. The summed E-state index contributed by atoms with van der Waals surface area (Å²) in [6.45, 7) is 13.1. The van der Waals surface area contributed by atoms with Crippen molar-refractivity contribution in [1.29, 1.82) is 0 Å². The van der Waals surface area contributed by atoms with E-state index >= 15 is 0 Å². The molecule has 0 heterocycles. The van der Waals surface area contributed by atoms with E-state index in [0.29, 0.717) is 11.3 Å². The van der Waals surface area contributed by atoms with E-state index in [0.717, 1.165) is 10.8 Å². The molecule has 170 valence electrons. The molecule has 0 saturated heterocycles. The van der Waals surface area contributed by atoms with Crippen molar-refractivity contribution in [3.05, 3.63) is 65.7 Å². The van der Waals surface area contributed by atoms with E-state index in [-0.39, 0.29) is 23.1 Å². The van der Waals surface area contributed by atoms with Gasteiger partial charge in [-0.3, -0.25) is 9.59 Å². The fourth-order valence-corrected chi connectivity index (χ4v) is 3.63. The molecule has 0 spiro atoms. The van der Waals surface area contributed by atoms with Gasteiger partial charge in [-0.2, -0.15) is 0 Å². The van der Waals surface area contributed by atoms with Crippen LogP contribution in [-0.2, 0) is 9.59 Å². The molecule has 4 N–H and O–H groups in total. The minimum Gasteiger partial charge on any atom is -0.478 e. The van der Waals surface area contributed by atoms with Crippen molar-refractivity contribution in [3.8, 4) is 0 Å². The Hall–Kier alpha value is -3.72. The smallest absolute Gasteiger partial charge is 0.336 e. The molecule has 0 aromatic heterocycles. The standard InChI is InChI=1S/C12H16O2Si.C11H12N2O4/c1-9(15(2,3)4)10-7-5-6-8-11(10)12(13)14;1-6(14)12-9-4-3-8(11(16)17)5-10(9)13-7(2)15/h5-8H,1H2,2-4H3,(H,13,14);3-5H,1-2H3,(H,12,14)(H,13,15)(H,16,17). The Bertz CT molecular complexity index is 1060. The van der Waals surface area contributed by atoms with Gasteiger partial charge in [-0.05, 0) is 29.8 Å². The fourth-order valence-electron chi connectivity index (χ4n) is 2.61. The van der Waals surface area contributed by atoms with E-state index < -0.39 is 20.0 Å². The number of carboxylic acid groups (broad SMARTS) is 2. The number of carbonyl (C=O) groups is 4. The Morgan fingerprint density at radius 1 is 0.781 bits per heavy atom. The average Bonchev–Trinajstić information content (AvgIpc) is 2.67. The van der Waals surface area contributed by atoms with Crippen molar-refractivity contribution in [1.82, 2.24) is 0 Å². The van der Waals surface area contributed by atoms with Gasteiger partial charge >= 0.3 is 11.9 Å². The Morgan fingerprint density at radius 3 is 1.72 bits per heavy atom. The highest BCUT2D eigenvalue weighted by Crippen LogP contribution is 2.26. The van der Waals surface area contributed by atoms with Crippen LogP contribution in [0.4, 0.5) is 11.4 Å². The lowest BCUT2D eigenvalue weighted by Gasteiger charge is -2.21. The number of benzene rings is 2. The normalized spacial score (nSPS) is 10.3. The molecule has 0 fully saturated rings. The third-order valence-corrected chi connectivity index (χ3v) is 6.36. The molecule has 0 radical (unpaired) electrons. The predicted octanol–water partition coefficient (Wildman–Crippen LogP) is 4.58. The second-order valence-electron chi connectivity index (χ2n) is 8.01. The lowest BCUT2D eigenvalue weighted by molar-refractivity contribution is -0.115. The van der Waals surface area contributed by atoms with Gasteiger partial charge in [-0.25, -0.2) is 9.59 Å². The largest absolute Gasteiger partial charge is 0.478 e. The molecule has 0 aliphatic heterocycles. The summed E-state index contributed by atoms with van der Waals surface area (Å²) in [6, 6.07) is 11.1. The summed E-state index contributed by atoms with van der Waals surface area (Å²) in [6.07, 6.45) is 0. The molecule has 0 unspecified atom stereocenters. The zero-order chi connectivity index (χ0) is 24.6. The molecule has 2 rings (SSSR count). The van der Waals surface area contributed by atoms with Crippen LogP contribution < -0.4 is 10.6 Å². The van der Waals surface area contributed by atoms with Gasteiger partial charge < -0.3 is 20.8 Å². The van der Waals surface area contributed by atoms with Gasteiger partial charge in [0, 0.05) is 13.8 Å². The van der Waals surface area contributed by atoms with E-state index in [1.165, 1.54) is 32.0 Å². The van der Waals surface area contributed by atoms with Gasteiger partial charge in [0.2, 0.25) is 11.8 Å². The molecule has 0 atom stereocenters. The second-order valence-corrected chi connectivity index (χ2v) is 13.1. The summed E-state index contributed by atoms with van der Waals surface area (Å²) in [7, 11) is -1.54. The van der Waals surface area contributed by atoms with Crippen LogP contribution >= 0.6 is 0 Å². The lowest BCUT2D eigenvalue weighted by Crippen LogP contribution is -2.23. The van der Waals surface area contributed by atoms with Crippen molar-refractivity contribution in [2.75, 3.05) is 10.6 Å². The number of nitrogens with one attached hydrogen (secondary N) is 2. The van der Waals surface area contributed by atoms with Gasteiger partial charge in [0.25, 0.3) is 0 Å². The molecule has 0 aliphatic rings. The van der Waals surface area contributed by atoms with E-state index in [9.17, 15) is 19.2 Å². The molecule has 9 heteroatoms. The third-order valence-electron chi connectivity index (χ3n) is 4.28. The monoisotopic (exact) mass is 456 g/mol. The number of carbonyl (C=O) groups excluding carboxylic acids is 2. The summed E-state index contributed by atoms with van der Waals surface area (Å²) in [5, 5.41) is 23.8. The van der Waals surface area contributed by atoms with Gasteiger partial charge in [-0.15, -0.1) is 0 Å². The van der Waals surface area contributed by atoms with Crippen LogP contribution in [0.25, 0.3) is 5.20 Å². The molecular formula is C23H28N2O6Si. The van der Waals surface area contributed by atoms with Crippen molar-refractivity contribution in [2.24, 2.45) is 0 Å². The minimum absolute atomic E-state index is 0.0304. The number of carboxylic acids is 2. The Morgan fingerprint density at radius 2 is 1.28 bits per heavy atom. The molecule has 2 aromatic rings. The van der Waals surface area contributed by atoms with Gasteiger partial charge in [0.15, 0.2) is 0 Å². The van der Waals surface area contributed by atoms with Gasteiger partial charge in [-0.1, -0.05) is 49.6 Å². The fraction of sp³-hybridized carbons (Fsp3) is 0.217. The highest BCUT2D eigenvalue weighted by Gasteiger charge is 2.22. The Labute approximate surface area is 188 Å². The number of rotatable bonds is 6. The highest BCUT2D eigenvalue weighted by atomic mass is 28.3. The van der Waals surface area contributed by atoms with E-state index in [1.54, 1.807) is 12.1 Å². The van der Waals surface area contributed by atoms with E-state index in [2.05, 4.69) is 36.9 Å². The SMILES string of the molecule is C=C(c1ccccc1C(=O)O)[Si](C)(C)C.CC(=O)Nc1ccc(C(=O)O)cc1NC(C)=O. The zero-order valence-corrected chi connectivity index (χ0v) is 19.8. The maximum atomic E-state index is 11.0. The molecular weight excluding hydrogens is 428 g/mol. The first kappa shape index (κ1) is 26.3. The Kier molecular flexibility index (Phi) is 9.09. The van der Waals surface area contributed by atoms with Crippen molar-refractivity contribution >= 4 is 48.4 Å². The van der Waals surface area contributed by atoms with Crippen LogP contribution in [0.15, 0.2) is 49.0 Å². The van der Waals surface area contributed by atoms with Crippen LogP contribution in [0.5, 0.6) is 0 Å². The molecule has 2 aromatic carbocycles. The first-order valence-corrected chi connectivity index (χ1v) is 13.2. The Balaban J connectivity index is 0.000000323. The summed E-state index contributed by atoms with van der Waals surface area (Å²) in [5.74, 6) is -2.64. The first-order valence-electron chi connectivity index (χ1n) is 9.68. The number of anilines is 2. The minimum atomic E-state index is -1.54. The second kappa shape index (κ2) is 11.1. The zero-order valence-electron chi connectivity index (χ0n) is 18.8. The molecule has 0 bridgehead atoms. The van der Waals surface area contributed by atoms with Gasteiger partial charge in [0.05, 0.1) is 30.6 Å². The van der Waals surface area contributed by atoms with Gasteiger partial charge in [0.1, 0.15) is 0 Å². The maximum Gasteiger partial charge on any atom is 0.336 e. The maximum absolute atomic E-state index is 11.0. The van der Waals surface area contributed by atoms with E-state index in [1.807, 2.05) is 12.1 Å². The average molecular weight is 457 g/mol. The highest BCUT2D eigenvalue weighted by molar-refractivity contribution is 6.93. The number of hydrogen-bond acceptors (Lipinski definition) is 4. The molecule has 0 saturated carbocycles. The topological polar surface area (TPSA) is 133 Å². The van der Waals surface area contributed by atoms with Crippen LogP contribution in [0.2, 0.25) is 19.6 Å². The van der Waals surface area contributed by atoms with Crippen LogP contribution in [-0.4, -0.2) is 42.0 Å². The molecule has 2 amide bonds. The summed E-state index contributed by atoms with van der Waals surface area (Å²) >= 11 is 0. The summed E-state index contributed by atoms with van der Waals surface area (Å²) in [5.41, 5.74) is 1.78. The molecule has 8 nitrogen and oxygen atoms in total. The van der Waals surface area contributed by atoms with Crippen LogP contribution in [0.3, 0.4) is 0 Å². The van der Waals surface area contributed by atoms with Crippen LogP contribution in [0.1, 0.15) is 40.1 Å². The quantitative estimate of drug-likeness (QED) is 0.470. The van der Waals surface area contributed by atoms with Crippen molar-refractivity contribution in [3.63, 3.8) is 0 Å². The van der Waals surface area contributed by atoms with Crippen molar-refractivity contribution in [2.45, 2.75) is 33.5 Å².